The summed E-state index contributed by atoms with van der Waals surface area (Å²) in [5.41, 5.74) is 0.627. The molecule has 0 atom stereocenters. The summed E-state index contributed by atoms with van der Waals surface area (Å²) in [6.07, 6.45) is 1.51. The third kappa shape index (κ3) is 3.27. The fourth-order valence-corrected chi connectivity index (χ4v) is 2.99. The van der Waals surface area contributed by atoms with Gasteiger partial charge in [-0.3, -0.25) is 4.79 Å². The Morgan fingerprint density at radius 1 is 1.15 bits per heavy atom. The van der Waals surface area contributed by atoms with Crippen LogP contribution < -0.4 is 4.90 Å². The zero-order chi connectivity index (χ0) is 18.8. The number of rotatable bonds is 3. The van der Waals surface area contributed by atoms with E-state index < -0.39 is 0 Å². The number of hydrogen-bond acceptors (Lipinski definition) is 6. The van der Waals surface area contributed by atoms with Gasteiger partial charge in [-0.25, -0.2) is 4.39 Å². The Balaban J connectivity index is 1.47. The summed E-state index contributed by atoms with van der Waals surface area (Å²) >= 11 is 0. The lowest BCUT2D eigenvalue weighted by molar-refractivity contribution is 0.0745. The SMILES string of the molecule is N#Cc1nc(-c2ccco2)oc1N1CCN(C(=O)c2ccc(F)cc2)CC1. The first-order chi connectivity index (χ1) is 13.2. The van der Waals surface area contributed by atoms with Gasteiger partial charge in [-0.15, -0.1) is 0 Å². The molecule has 4 rings (SSSR count). The van der Waals surface area contributed by atoms with E-state index >= 15 is 0 Å². The molecule has 1 aliphatic heterocycles. The van der Waals surface area contributed by atoms with Gasteiger partial charge in [0.15, 0.2) is 5.76 Å². The number of nitrogens with zero attached hydrogens (tertiary/aromatic N) is 4. The zero-order valence-corrected chi connectivity index (χ0v) is 14.3. The van der Waals surface area contributed by atoms with Crippen molar-refractivity contribution in [2.75, 3.05) is 31.1 Å². The molecule has 8 heteroatoms. The maximum atomic E-state index is 13.0. The average molecular weight is 366 g/mol. The van der Waals surface area contributed by atoms with E-state index in [9.17, 15) is 14.4 Å². The number of halogens is 1. The van der Waals surface area contributed by atoms with Gasteiger partial charge in [-0.05, 0) is 36.4 Å². The largest absolute Gasteiger partial charge is 0.459 e. The second-order valence-corrected chi connectivity index (χ2v) is 6.05. The van der Waals surface area contributed by atoms with Gasteiger partial charge in [0, 0.05) is 31.7 Å². The molecule has 7 nitrogen and oxygen atoms in total. The van der Waals surface area contributed by atoms with Crippen LogP contribution in [-0.2, 0) is 0 Å². The molecule has 3 aromatic rings. The normalized spacial score (nSPS) is 14.2. The third-order valence-corrected chi connectivity index (χ3v) is 4.39. The molecule has 0 aliphatic carbocycles. The van der Waals surface area contributed by atoms with E-state index in [2.05, 4.69) is 4.98 Å². The molecule has 1 aromatic carbocycles. The van der Waals surface area contributed by atoms with Crippen LogP contribution in [0.1, 0.15) is 16.1 Å². The first kappa shape index (κ1) is 16.8. The molecule has 2 aromatic heterocycles. The molecule has 1 fully saturated rings. The van der Waals surface area contributed by atoms with Crippen LogP contribution >= 0.6 is 0 Å². The highest BCUT2D eigenvalue weighted by molar-refractivity contribution is 5.94. The van der Waals surface area contributed by atoms with Gasteiger partial charge >= 0.3 is 0 Å². The fourth-order valence-electron chi connectivity index (χ4n) is 2.99. The molecule has 1 saturated heterocycles. The van der Waals surface area contributed by atoms with Crippen molar-refractivity contribution in [3.05, 3.63) is 59.7 Å². The van der Waals surface area contributed by atoms with Gasteiger partial charge in [-0.2, -0.15) is 10.2 Å². The Hall–Kier alpha value is -3.60. The summed E-state index contributed by atoms with van der Waals surface area (Å²) in [6, 6.07) is 10.9. The van der Waals surface area contributed by atoms with E-state index in [0.717, 1.165) is 0 Å². The van der Waals surface area contributed by atoms with E-state index in [1.807, 2.05) is 11.0 Å². The third-order valence-electron chi connectivity index (χ3n) is 4.39. The first-order valence-corrected chi connectivity index (χ1v) is 8.40. The summed E-state index contributed by atoms with van der Waals surface area (Å²) in [5.74, 6) is 0.541. The van der Waals surface area contributed by atoms with E-state index in [0.29, 0.717) is 43.4 Å². The number of carbonyl (C=O) groups is 1. The fraction of sp³-hybridized carbons (Fsp3) is 0.211. The van der Waals surface area contributed by atoms with Crippen LogP contribution in [0.5, 0.6) is 0 Å². The number of amides is 1. The summed E-state index contributed by atoms with van der Waals surface area (Å²) in [7, 11) is 0. The van der Waals surface area contributed by atoms with Gasteiger partial charge in [0.2, 0.25) is 11.6 Å². The Morgan fingerprint density at radius 2 is 1.89 bits per heavy atom. The van der Waals surface area contributed by atoms with Crippen molar-refractivity contribution in [1.82, 2.24) is 9.88 Å². The Kier molecular flexibility index (Phi) is 4.34. The molecule has 0 radical (unpaired) electrons. The van der Waals surface area contributed by atoms with Gasteiger partial charge in [0.05, 0.1) is 6.26 Å². The van der Waals surface area contributed by atoms with Crippen LogP contribution in [0.3, 0.4) is 0 Å². The van der Waals surface area contributed by atoms with Gasteiger partial charge in [-0.1, -0.05) is 0 Å². The van der Waals surface area contributed by atoms with Crippen molar-refractivity contribution in [2.45, 2.75) is 0 Å². The highest BCUT2D eigenvalue weighted by atomic mass is 19.1. The second-order valence-electron chi connectivity index (χ2n) is 6.05. The van der Waals surface area contributed by atoms with Crippen molar-refractivity contribution in [2.24, 2.45) is 0 Å². The highest BCUT2D eigenvalue weighted by Gasteiger charge is 2.27. The molecule has 0 saturated carbocycles. The van der Waals surface area contributed by atoms with Crippen LogP contribution in [0.15, 0.2) is 51.5 Å². The first-order valence-electron chi connectivity index (χ1n) is 8.40. The monoisotopic (exact) mass is 366 g/mol. The molecule has 1 aliphatic rings. The molecule has 0 unspecified atom stereocenters. The lowest BCUT2D eigenvalue weighted by atomic mass is 10.2. The van der Waals surface area contributed by atoms with Crippen molar-refractivity contribution < 1.29 is 18.0 Å². The number of carbonyl (C=O) groups excluding carboxylic acids is 1. The molecular formula is C19H15FN4O3. The number of nitriles is 1. The van der Waals surface area contributed by atoms with Crippen LogP contribution in [0.2, 0.25) is 0 Å². The molecule has 0 spiro atoms. The zero-order valence-electron chi connectivity index (χ0n) is 14.3. The number of benzene rings is 1. The maximum absolute atomic E-state index is 13.0. The van der Waals surface area contributed by atoms with Crippen LogP contribution in [0, 0.1) is 17.1 Å². The molecule has 0 N–H and O–H groups in total. The maximum Gasteiger partial charge on any atom is 0.266 e. The topological polar surface area (TPSA) is 86.5 Å². The van der Waals surface area contributed by atoms with Gasteiger partial charge < -0.3 is 18.6 Å². The summed E-state index contributed by atoms with van der Waals surface area (Å²) in [5, 5.41) is 9.35. The highest BCUT2D eigenvalue weighted by Crippen LogP contribution is 2.29. The van der Waals surface area contributed by atoms with E-state index in [-0.39, 0.29) is 23.3 Å². The number of furan rings is 1. The Labute approximate surface area is 154 Å². The molecule has 0 bridgehead atoms. The number of oxazole rings is 1. The predicted octanol–water partition coefficient (Wildman–Crippen LogP) is 2.91. The molecule has 27 heavy (non-hydrogen) atoms. The minimum atomic E-state index is -0.377. The van der Waals surface area contributed by atoms with Crippen molar-refractivity contribution in [3.8, 4) is 17.7 Å². The minimum Gasteiger partial charge on any atom is -0.459 e. The number of aromatic nitrogens is 1. The molecule has 136 valence electrons. The lowest BCUT2D eigenvalue weighted by Gasteiger charge is -2.34. The van der Waals surface area contributed by atoms with Crippen LogP contribution in [0.25, 0.3) is 11.7 Å². The van der Waals surface area contributed by atoms with Crippen molar-refractivity contribution >= 4 is 11.8 Å². The summed E-state index contributed by atoms with van der Waals surface area (Å²) in [6.45, 7) is 1.90. The van der Waals surface area contributed by atoms with E-state index in [1.165, 1.54) is 30.5 Å². The second kappa shape index (κ2) is 6.96. The van der Waals surface area contributed by atoms with Crippen molar-refractivity contribution in [3.63, 3.8) is 0 Å². The summed E-state index contributed by atoms with van der Waals surface area (Å²) < 4.78 is 24.0. The standard InChI is InChI=1S/C19H15FN4O3/c20-14-5-3-13(4-6-14)18(25)23-7-9-24(10-8-23)19-15(12-21)22-17(27-19)16-2-1-11-26-16/h1-6,11H,7-10H2. The minimum absolute atomic E-state index is 0.149. The Morgan fingerprint density at radius 3 is 2.52 bits per heavy atom. The van der Waals surface area contributed by atoms with Gasteiger partial charge in [0.1, 0.15) is 11.9 Å². The Bertz CT molecular complexity index is 981. The smallest absolute Gasteiger partial charge is 0.266 e. The van der Waals surface area contributed by atoms with Crippen LogP contribution in [-0.4, -0.2) is 42.0 Å². The quantitative estimate of drug-likeness (QED) is 0.708. The average Bonchev–Trinajstić information content (AvgIpc) is 3.37. The lowest BCUT2D eigenvalue weighted by Crippen LogP contribution is -2.48. The summed E-state index contributed by atoms with van der Waals surface area (Å²) in [4.78, 5) is 20.3. The number of hydrogen-bond donors (Lipinski definition) is 0. The van der Waals surface area contributed by atoms with E-state index in [4.69, 9.17) is 8.83 Å². The number of piperazine rings is 1. The van der Waals surface area contributed by atoms with E-state index in [1.54, 1.807) is 17.0 Å². The van der Waals surface area contributed by atoms with Gasteiger partial charge in [0.25, 0.3) is 11.8 Å². The van der Waals surface area contributed by atoms with Crippen LogP contribution in [0.4, 0.5) is 10.3 Å². The molecular weight excluding hydrogens is 351 g/mol. The molecule has 1 amide bonds. The van der Waals surface area contributed by atoms with Crippen molar-refractivity contribution in [1.29, 1.82) is 5.26 Å². The number of anilines is 1. The predicted molar refractivity (Wildman–Crippen MR) is 93.4 cm³/mol. The molecule has 3 heterocycles.